The fraction of sp³-hybridized carbons (Fsp3) is 0.684. The van der Waals surface area contributed by atoms with Crippen molar-refractivity contribution >= 4 is 0 Å². The van der Waals surface area contributed by atoms with Crippen LogP contribution >= 0.6 is 0 Å². The van der Waals surface area contributed by atoms with E-state index in [1.54, 1.807) is 6.07 Å². The summed E-state index contributed by atoms with van der Waals surface area (Å²) in [5.41, 5.74) is 9.08. The maximum absolute atomic E-state index is 9.91. The third-order valence-corrected chi connectivity index (χ3v) is 5.98. The highest BCUT2D eigenvalue weighted by molar-refractivity contribution is 5.42. The van der Waals surface area contributed by atoms with Crippen molar-refractivity contribution in [1.82, 2.24) is 4.90 Å². The number of phenolic OH excluding ortho intramolecular Hbond substituents is 1. The fourth-order valence-corrected chi connectivity index (χ4v) is 4.02. The van der Waals surface area contributed by atoms with E-state index in [4.69, 9.17) is 5.73 Å². The Kier molecular flexibility index (Phi) is 4.21. The van der Waals surface area contributed by atoms with Crippen molar-refractivity contribution in [3.63, 3.8) is 0 Å². The lowest BCUT2D eigenvalue weighted by atomic mass is 9.64. The summed E-state index contributed by atoms with van der Waals surface area (Å²) < 4.78 is 0. The lowest BCUT2D eigenvalue weighted by molar-refractivity contribution is 0.159. The Morgan fingerprint density at radius 3 is 2.73 bits per heavy atom. The number of fused-ring (bicyclic) bond motifs is 1. The van der Waals surface area contributed by atoms with Gasteiger partial charge in [-0.3, -0.25) is 0 Å². The Hall–Kier alpha value is -1.06. The predicted molar refractivity (Wildman–Crippen MR) is 90.8 cm³/mol. The summed E-state index contributed by atoms with van der Waals surface area (Å²) in [4.78, 5) is 2.43. The number of hydrogen-bond acceptors (Lipinski definition) is 3. The summed E-state index contributed by atoms with van der Waals surface area (Å²) in [6.45, 7) is 6.81. The first-order valence-corrected chi connectivity index (χ1v) is 8.70. The number of nitrogens with two attached hydrogens (primary N) is 1. The average molecular weight is 302 g/mol. The topological polar surface area (TPSA) is 49.5 Å². The Labute approximate surface area is 134 Å². The monoisotopic (exact) mass is 302 g/mol. The first kappa shape index (κ1) is 15.8. The third-order valence-electron chi connectivity index (χ3n) is 5.98. The number of aromatic hydroxyl groups is 1. The van der Waals surface area contributed by atoms with Crippen molar-refractivity contribution < 1.29 is 5.11 Å². The van der Waals surface area contributed by atoms with Gasteiger partial charge >= 0.3 is 0 Å². The summed E-state index contributed by atoms with van der Waals surface area (Å²) in [5.74, 6) is 2.26. The normalized spacial score (nSPS) is 31.3. The van der Waals surface area contributed by atoms with Gasteiger partial charge in [0.2, 0.25) is 0 Å². The first-order valence-electron chi connectivity index (χ1n) is 8.70. The quantitative estimate of drug-likeness (QED) is 0.878. The molecule has 3 rings (SSSR count). The van der Waals surface area contributed by atoms with Crippen LogP contribution in [0, 0.1) is 17.8 Å². The summed E-state index contributed by atoms with van der Waals surface area (Å²) in [6.07, 6.45) is 4.80. The molecule has 0 saturated heterocycles. The molecular weight excluding hydrogens is 272 g/mol. The highest BCUT2D eigenvalue weighted by Crippen LogP contribution is 2.44. The molecule has 3 atom stereocenters. The molecule has 0 spiro atoms. The van der Waals surface area contributed by atoms with Crippen LogP contribution in [0.15, 0.2) is 18.2 Å². The van der Waals surface area contributed by atoms with Crippen LogP contribution in [0.3, 0.4) is 0 Å². The summed E-state index contributed by atoms with van der Waals surface area (Å²) >= 11 is 0. The van der Waals surface area contributed by atoms with Crippen molar-refractivity contribution in [2.75, 3.05) is 20.1 Å². The van der Waals surface area contributed by atoms with E-state index >= 15 is 0 Å². The van der Waals surface area contributed by atoms with E-state index < -0.39 is 0 Å². The smallest absolute Gasteiger partial charge is 0.115 e. The molecule has 0 heterocycles. The van der Waals surface area contributed by atoms with Gasteiger partial charge in [0.15, 0.2) is 0 Å². The van der Waals surface area contributed by atoms with E-state index in [1.807, 2.05) is 6.07 Å². The van der Waals surface area contributed by atoms with Gasteiger partial charge < -0.3 is 15.7 Å². The van der Waals surface area contributed by atoms with E-state index in [2.05, 4.69) is 31.9 Å². The second-order valence-corrected chi connectivity index (χ2v) is 7.81. The van der Waals surface area contributed by atoms with Crippen molar-refractivity contribution in [1.29, 1.82) is 0 Å². The maximum Gasteiger partial charge on any atom is 0.115 e. The molecule has 0 amide bonds. The zero-order valence-corrected chi connectivity index (χ0v) is 14.2. The SMILES string of the molecule is CC1Cc2ccc(O)cc2[C@@](N)(CCN(C)CC2CC2)[C@H]1C. The van der Waals surface area contributed by atoms with Gasteiger partial charge in [0.25, 0.3) is 0 Å². The Bertz CT molecular complexity index is 540. The first-order chi connectivity index (χ1) is 10.4. The molecule has 0 bridgehead atoms. The van der Waals surface area contributed by atoms with Crippen LogP contribution in [0.2, 0.25) is 0 Å². The van der Waals surface area contributed by atoms with Gasteiger partial charge in [-0.1, -0.05) is 19.9 Å². The largest absolute Gasteiger partial charge is 0.508 e. The molecule has 0 radical (unpaired) electrons. The van der Waals surface area contributed by atoms with E-state index in [0.29, 0.717) is 17.6 Å². The molecule has 1 aromatic carbocycles. The molecule has 1 unspecified atom stereocenters. The molecule has 2 aliphatic carbocycles. The molecular formula is C19H30N2O. The van der Waals surface area contributed by atoms with Crippen molar-refractivity contribution in [3.8, 4) is 5.75 Å². The van der Waals surface area contributed by atoms with Crippen LogP contribution in [-0.4, -0.2) is 30.1 Å². The standard InChI is InChI=1S/C19H30N2O/c1-13-10-16-6-7-17(22)11-18(16)19(20,14(13)2)8-9-21(3)12-15-4-5-15/h6-7,11,13-15,22H,4-5,8-10,12,20H2,1-3H3/t13?,14-,19+/m0/s1. The van der Waals surface area contributed by atoms with Crippen LogP contribution in [0.4, 0.5) is 0 Å². The van der Waals surface area contributed by atoms with E-state index in [1.165, 1.54) is 24.9 Å². The molecule has 22 heavy (non-hydrogen) atoms. The molecule has 0 aliphatic heterocycles. The highest BCUT2D eigenvalue weighted by Gasteiger charge is 2.42. The predicted octanol–water partition coefficient (Wildman–Crippen LogP) is 3.11. The number of benzene rings is 1. The molecule has 3 heteroatoms. The second kappa shape index (κ2) is 5.86. The van der Waals surface area contributed by atoms with Crippen LogP contribution in [0.5, 0.6) is 5.75 Å². The molecule has 2 aliphatic rings. The Morgan fingerprint density at radius 1 is 1.32 bits per heavy atom. The van der Waals surface area contributed by atoms with Crippen LogP contribution in [-0.2, 0) is 12.0 Å². The maximum atomic E-state index is 9.91. The van der Waals surface area contributed by atoms with E-state index in [-0.39, 0.29) is 5.54 Å². The lowest BCUT2D eigenvalue weighted by Gasteiger charge is -2.45. The van der Waals surface area contributed by atoms with Gasteiger partial charge in [-0.15, -0.1) is 0 Å². The minimum atomic E-state index is -0.330. The highest BCUT2D eigenvalue weighted by atomic mass is 16.3. The van der Waals surface area contributed by atoms with Crippen molar-refractivity contribution in [3.05, 3.63) is 29.3 Å². The average Bonchev–Trinajstić information content (AvgIpc) is 3.28. The minimum absolute atomic E-state index is 0.330. The molecule has 1 fully saturated rings. The number of rotatable bonds is 5. The fourth-order valence-electron chi connectivity index (χ4n) is 4.02. The zero-order valence-electron chi connectivity index (χ0n) is 14.2. The number of nitrogens with zero attached hydrogens (tertiary/aromatic N) is 1. The summed E-state index contributed by atoms with van der Waals surface area (Å²) in [7, 11) is 2.21. The molecule has 3 N–H and O–H groups in total. The van der Waals surface area contributed by atoms with Gasteiger partial charge in [0, 0.05) is 12.1 Å². The number of phenols is 1. The van der Waals surface area contributed by atoms with Gasteiger partial charge in [-0.2, -0.15) is 0 Å². The van der Waals surface area contributed by atoms with Crippen molar-refractivity contribution in [2.45, 2.75) is 45.1 Å². The van der Waals surface area contributed by atoms with Gasteiger partial charge in [-0.05, 0) is 80.3 Å². The zero-order chi connectivity index (χ0) is 15.9. The van der Waals surface area contributed by atoms with Crippen LogP contribution in [0.25, 0.3) is 0 Å². The van der Waals surface area contributed by atoms with Gasteiger partial charge in [0.05, 0.1) is 0 Å². The lowest BCUT2D eigenvalue weighted by Crippen LogP contribution is -2.51. The van der Waals surface area contributed by atoms with Crippen LogP contribution in [0.1, 0.15) is 44.2 Å². The third kappa shape index (κ3) is 3.02. The number of hydrogen-bond donors (Lipinski definition) is 2. The molecule has 3 nitrogen and oxygen atoms in total. The Morgan fingerprint density at radius 2 is 2.05 bits per heavy atom. The molecule has 1 saturated carbocycles. The van der Waals surface area contributed by atoms with E-state index in [9.17, 15) is 5.11 Å². The second-order valence-electron chi connectivity index (χ2n) is 7.81. The van der Waals surface area contributed by atoms with Gasteiger partial charge in [-0.25, -0.2) is 0 Å². The summed E-state index contributed by atoms with van der Waals surface area (Å²) in [5, 5.41) is 9.91. The van der Waals surface area contributed by atoms with Crippen LogP contribution < -0.4 is 5.73 Å². The van der Waals surface area contributed by atoms with Gasteiger partial charge in [0.1, 0.15) is 5.75 Å². The Balaban J connectivity index is 1.80. The molecule has 122 valence electrons. The molecule has 1 aromatic rings. The molecule has 0 aromatic heterocycles. The van der Waals surface area contributed by atoms with Crippen molar-refractivity contribution in [2.24, 2.45) is 23.5 Å². The summed E-state index contributed by atoms with van der Waals surface area (Å²) in [6, 6.07) is 5.75. The minimum Gasteiger partial charge on any atom is -0.508 e. The van der Waals surface area contributed by atoms with E-state index in [0.717, 1.165) is 30.9 Å².